The van der Waals surface area contributed by atoms with Crippen LogP contribution < -0.4 is 9.47 Å². The van der Waals surface area contributed by atoms with Crippen LogP contribution in [0.1, 0.15) is 27.9 Å². The molecule has 0 spiro atoms. The molecule has 0 bridgehead atoms. The van der Waals surface area contributed by atoms with E-state index in [2.05, 4.69) is 34.1 Å². The summed E-state index contributed by atoms with van der Waals surface area (Å²) in [7, 11) is 0. The number of carbonyl (C=O) groups is 1. The van der Waals surface area contributed by atoms with E-state index in [4.69, 9.17) is 14.2 Å². The smallest absolute Gasteiger partial charge is 0.257 e. The quantitative estimate of drug-likeness (QED) is 0.631. The summed E-state index contributed by atoms with van der Waals surface area (Å²) in [6.07, 6.45) is 1.50. The van der Waals surface area contributed by atoms with Crippen LogP contribution in [0.4, 0.5) is 0 Å². The summed E-state index contributed by atoms with van der Waals surface area (Å²) in [5.74, 6) is 1.19. The maximum Gasteiger partial charge on any atom is 0.257 e. The zero-order valence-corrected chi connectivity index (χ0v) is 20.7. The topological polar surface area (TPSA) is 74.7 Å². The Morgan fingerprint density at radius 3 is 2.75 bits per heavy atom. The van der Waals surface area contributed by atoms with Crippen molar-refractivity contribution in [3.8, 4) is 11.5 Å². The van der Waals surface area contributed by atoms with Gasteiger partial charge < -0.3 is 24.2 Å². The Bertz CT molecular complexity index is 1090. The van der Waals surface area contributed by atoms with Crippen LogP contribution in [0.2, 0.25) is 0 Å². The number of β-amino-alcohol motifs (C(OH)–C–C–N with tert-alkyl or cyclic N) is 1. The Morgan fingerprint density at radius 1 is 1.06 bits per heavy atom. The number of hydrogen-bond acceptors (Lipinski definition) is 7. The number of amides is 1. The van der Waals surface area contributed by atoms with Crippen molar-refractivity contribution in [1.29, 1.82) is 0 Å². The molecule has 36 heavy (non-hydrogen) atoms. The first kappa shape index (κ1) is 23.7. The molecule has 4 aliphatic heterocycles. The minimum Gasteiger partial charge on any atom is -0.491 e. The van der Waals surface area contributed by atoms with Crippen molar-refractivity contribution in [2.24, 2.45) is 0 Å². The van der Waals surface area contributed by atoms with Crippen LogP contribution in [0.5, 0.6) is 11.5 Å². The molecule has 2 fully saturated rings. The second kappa shape index (κ2) is 10.4. The van der Waals surface area contributed by atoms with Gasteiger partial charge in [-0.1, -0.05) is 24.3 Å². The van der Waals surface area contributed by atoms with Crippen molar-refractivity contribution in [2.45, 2.75) is 37.6 Å². The van der Waals surface area contributed by atoms with Crippen molar-refractivity contribution in [1.82, 2.24) is 14.7 Å². The van der Waals surface area contributed by atoms with E-state index in [1.165, 1.54) is 11.1 Å². The Morgan fingerprint density at radius 2 is 1.92 bits per heavy atom. The molecule has 2 aromatic carbocycles. The average Bonchev–Trinajstić information content (AvgIpc) is 3.23. The van der Waals surface area contributed by atoms with E-state index in [0.717, 1.165) is 58.0 Å². The SMILES string of the molecule is O=C1c2ccc(O[C@H]3CCN(C4COC4)C3)cc2OCCN1CC(O)CN1CCc2ccccc2C1. The van der Waals surface area contributed by atoms with Gasteiger partial charge in [-0.15, -0.1) is 0 Å². The summed E-state index contributed by atoms with van der Waals surface area (Å²) in [5.41, 5.74) is 3.24. The van der Waals surface area contributed by atoms with Crippen molar-refractivity contribution in [2.75, 3.05) is 59.1 Å². The van der Waals surface area contributed by atoms with Crippen LogP contribution in [0.3, 0.4) is 0 Å². The molecule has 6 rings (SSSR count). The molecule has 0 aromatic heterocycles. The molecule has 2 atom stereocenters. The summed E-state index contributed by atoms with van der Waals surface area (Å²) >= 11 is 0. The van der Waals surface area contributed by atoms with E-state index in [0.29, 0.717) is 43.6 Å². The molecule has 1 N–H and O–H groups in total. The monoisotopic (exact) mass is 493 g/mol. The number of hydrogen-bond donors (Lipinski definition) is 1. The molecule has 2 saturated heterocycles. The number of aliphatic hydroxyl groups excluding tert-OH is 1. The first-order valence-corrected chi connectivity index (χ1v) is 13.1. The third kappa shape index (κ3) is 5.09. The zero-order valence-electron chi connectivity index (χ0n) is 20.7. The number of likely N-dealkylation sites (tertiary alicyclic amines) is 1. The maximum absolute atomic E-state index is 13.3. The van der Waals surface area contributed by atoms with E-state index in [1.54, 1.807) is 11.0 Å². The van der Waals surface area contributed by atoms with Gasteiger partial charge in [0, 0.05) is 45.3 Å². The molecule has 0 radical (unpaired) electrons. The molecule has 0 saturated carbocycles. The molecular weight excluding hydrogens is 458 g/mol. The predicted octanol–water partition coefficient (Wildman–Crippen LogP) is 1.79. The van der Waals surface area contributed by atoms with Crippen molar-refractivity contribution in [3.63, 3.8) is 0 Å². The minimum atomic E-state index is -0.616. The Kier molecular flexibility index (Phi) is 6.84. The lowest BCUT2D eigenvalue weighted by Crippen LogP contribution is -2.48. The second-order valence-electron chi connectivity index (χ2n) is 10.4. The fourth-order valence-electron chi connectivity index (χ4n) is 5.71. The summed E-state index contributed by atoms with van der Waals surface area (Å²) in [6.45, 7) is 7.00. The molecule has 4 aliphatic rings. The lowest BCUT2D eigenvalue weighted by atomic mass is 10.00. The number of fused-ring (bicyclic) bond motifs is 2. The van der Waals surface area contributed by atoms with Gasteiger partial charge in [0.25, 0.3) is 5.91 Å². The van der Waals surface area contributed by atoms with Crippen LogP contribution in [0.15, 0.2) is 42.5 Å². The normalized spacial score (nSPS) is 23.9. The fraction of sp³-hybridized carbons (Fsp3) is 0.536. The molecule has 8 heteroatoms. The van der Waals surface area contributed by atoms with Gasteiger partial charge in [-0.3, -0.25) is 14.6 Å². The third-order valence-corrected chi connectivity index (χ3v) is 7.82. The standard InChI is InChI=1S/C28H35N3O5/c32-23(15-29-9-7-20-3-1-2-4-21(20)14-29)16-31-11-12-35-27-13-24(5-6-26(27)28(31)33)36-25-8-10-30(17-25)22-18-34-19-22/h1-6,13,22-23,25,32H,7-12,14-19H2/t23?,25-/m0/s1. The van der Waals surface area contributed by atoms with Crippen LogP contribution in [0.25, 0.3) is 0 Å². The minimum absolute atomic E-state index is 0.103. The molecular formula is C28H35N3O5. The van der Waals surface area contributed by atoms with Crippen LogP contribution in [-0.4, -0.2) is 103 Å². The number of rotatable bonds is 7. The summed E-state index contributed by atoms with van der Waals surface area (Å²) in [5, 5.41) is 10.8. The van der Waals surface area contributed by atoms with Crippen molar-refractivity contribution < 1.29 is 24.1 Å². The highest BCUT2D eigenvalue weighted by Crippen LogP contribution is 2.30. The van der Waals surface area contributed by atoms with Gasteiger partial charge in [-0.25, -0.2) is 0 Å². The van der Waals surface area contributed by atoms with Gasteiger partial charge in [-0.05, 0) is 36.1 Å². The van der Waals surface area contributed by atoms with Gasteiger partial charge >= 0.3 is 0 Å². The molecule has 2 aromatic rings. The second-order valence-corrected chi connectivity index (χ2v) is 10.4. The van der Waals surface area contributed by atoms with Gasteiger partial charge in [0.1, 0.15) is 24.2 Å². The van der Waals surface area contributed by atoms with Crippen molar-refractivity contribution >= 4 is 5.91 Å². The number of aliphatic hydroxyl groups is 1. The Balaban J connectivity index is 1.05. The highest BCUT2D eigenvalue weighted by Gasteiger charge is 2.33. The Labute approximate surface area is 212 Å². The number of ether oxygens (including phenoxy) is 3. The highest BCUT2D eigenvalue weighted by molar-refractivity contribution is 5.97. The molecule has 0 aliphatic carbocycles. The first-order chi connectivity index (χ1) is 17.6. The van der Waals surface area contributed by atoms with E-state index < -0.39 is 6.10 Å². The molecule has 4 heterocycles. The molecule has 8 nitrogen and oxygen atoms in total. The average molecular weight is 494 g/mol. The van der Waals surface area contributed by atoms with Gasteiger partial charge in [0.2, 0.25) is 0 Å². The third-order valence-electron chi connectivity index (χ3n) is 7.82. The van der Waals surface area contributed by atoms with E-state index in [-0.39, 0.29) is 12.0 Å². The van der Waals surface area contributed by atoms with Crippen LogP contribution in [0, 0.1) is 0 Å². The van der Waals surface area contributed by atoms with Crippen LogP contribution in [-0.2, 0) is 17.7 Å². The van der Waals surface area contributed by atoms with Crippen molar-refractivity contribution in [3.05, 3.63) is 59.2 Å². The molecule has 192 valence electrons. The van der Waals surface area contributed by atoms with Gasteiger partial charge in [0.05, 0.1) is 37.5 Å². The summed E-state index contributed by atoms with van der Waals surface area (Å²) in [4.78, 5) is 19.7. The van der Waals surface area contributed by atoms with E-state index >= 15 is 0 Å². The highest BCUT2D eigenvalue weighted by atomic mass is 16.5. The molecule has 1 amide bonds. The predicted molar refractivity (Wildman–Crippen MR) is 134 cm³/mol. The van der Waals surface area contributed by atoms with E-state index in [9.17, 15) is 9.90 Å². The lowest BCUT2D eigenvalue weighted by Gasteiger charge is -2.34. The van der Waals surface area contributed by atoms with E-state index in [1.807, 2.05) is 12.1 Å². The largest absolute Gasteiger partial charge is 0.491 e. The zero-order chi connectivity index (χ0) is 24.5. The number of carbonyl (C=O) groups excluding carboxylic acids is 1. The van der Waals surface area contributed by atoms with Gasteiger partial charge in [0.15, 0.2) is 0 Å². The van der Waals surface area contributed by atoms with Gasteiger partial charge in [-0.2, -0.15) is 0 Å². The number of benzene rings is 2. The Hall–Kier alpha value is -2.65. The first-order valence-electron chi connectivity index (χ1n) is 13.1. The van der Waals surface area contributed by atoms with Crippen LogP contribution >= 0.6 is 0 Å². The summed E-state index contributed by atoms with van der Waals surface area (Å²) < 4.78 is 17.5. The fourth-order valence-corrected chi connectivity index (χ4v) is 5.71. The molecule has 1 unspecified atom stereocenters. The maximum atomic E-state index is 13.3. The summed E-state index contributed by atoms with van der Waals surface area (Å²) in [6, 6.07) is 14.5. The number of nitrogens with zero attached hydrogens (tertiary/aromatic N) is 3. The lowest BCUT2D eigenvalue weighted by molar-refractivity contribution is -0.0592.